The van der Waals surface area contributed by atoms with Gasteiger partial charge < -0.3 is 5.73 Å². The average Bonchev–Trinajstić information content (AvgIpc) is 2.41. The third kappa shape index (κ3) is 3.15. The molecule has 0 aliphatic carbocycles. The average molecular weight is 291 g/mol. The van der Waals surface area contributed by atoms with Gasteiger partial charge in [-0.3, -0.25) is 4.98 Å². The number of nitrogens with zero attached hydrogens (tertiary/aromatic N) is 1. The monoisotopic (exact) mass is 291 g/mol. The lowest BCUT2D eigenvalue weighted by molar-refractivity contribution is 0.580. The molecular weight excluding hydrogens is 274 g/mol. The van der Waals surface area contributed by atoms with Crippen LogP contribution in [-0.4, -0.2) is 13.4 Å². The quantitative estimate of drug-likeness (QED) is 0.841. The molecule has 5 nitrogen and oxygen atoms in total. The maximum Gasteiger partial charge on any atom is 0.240 e. The Bertz CT molecular complexity index is 727. The topological polar surface area (TPSA) is 85.1 Å². The minimum atomic E-state index is -3.58. The number of sulfonamides is 1. The zero-order chi connectivity index (χ0) is 14.8. The summed E-state index contributed by atoms with van der Waals surface area (Å²) in [4.78, 5) is 4.32. The Morgan fingerprint density at radius 1 is 1.20 bits per heavy atom. The summed E-state index contributed by atoms with van der Waals surface area (Å²) in [6, 6.07) is 8.40. The largest absolute Gasteiger partial charge is 0.398 e. The third-order valence-electron chi connectivity index (χ3n) is 3.11. The van der Waals surface area contributed by atoms with Gasteiger partial charge in [0.1, 0.15) is 0 Å². The van der Waals surface area contributed by atoms with E-state index in [2.05, 4.69) is 9.71 Å². The van der Waals surface area contributed by atoms with Crippen LogP contribution in [0.15, 0.2) is 41.4 Å². The fourth-order valence-electron chi connectivity index (χ4n) is 1.74. The summed E-state index contributed by atoms with van der Waals surface area (Å²) in [6.07, 6.45) is 1.64. The molecule has 0 aliphatic rings. The number of hydrogen-bond donors (Lipinski definition) is 2. The number of pyridine rings is 1. The normalized spacial score (nSPS) is 11.5. The minimum absolute atomic E-state index is 0.156. The van der Waals surface area contributed by atoms with Crippen molar-refractivity contribution >= 4 is 15.7 Å². The van der Waals surface area contributed by atoms with Crippen molar-refractivity contribution in [3.63, 3.8) is 0 Å². The zero-order valence-corrected chi connectivity index (χ0v) is 12.2. The molecule has 0 saturated carbocycles. The Kier molecular flexibility index (Phi) is 4.06. The first-order valence-electron chi connectivity index (χ1n) is 6.16. The van der Waals surface area contributed by atoms with Gasteiger partial charge in [-0.1, -0.05) is 12.1 Å². The molecule has 0 amide bonds. The van der Waals surface area contributed by atoms with Crippen LogP contribution in [0, 0.1) is 13.8 Å². The first kappa shape index (κ1) is 14.5. The number of nitrogens with two attached hydrogens (primary N) is 1. The van der Waals surface area contributed by atoms with Crippen LogP contribution in [0.2, 0.25) is 0 Å². The van der Waals surface area contributed by atoms with Crippen LogP contribution < -0.4 is 10.5 Å². The Labute approximate surface area is 118 Å². The molecule has 0 unspecified atom stereocenters. The molecule has 1 heterocycles. The second kappa shape index (κ2) is 5.60. The fourth-order valence-corrected chi connectivity index (χ4v) is 2.76. The molecule has 106 valence electrons. The molecule has 0 bridgehead atoms. The van der Waals surface area contributed by atoms with Crippen LogP contribution in [0.3, 0.4) is 0 Å². The standard InChI is InChI=1S/C14H17N3O2S/c1-10-5-6-12(8-13(10)15)20(18,19)17-9-14-11(2)4-3-7-16-14/h3-8,17H,9,15H2,1-2H3. The number of benzene rings is 1. The lowest BCUT2D eigenvalue weighted by atomic mass is 10.2. The second-order valence-electron chi connectivity index (χ2n) is 4.61. The van der Waals surface area contributed by atoms with Gasteiger partial charge in [-0.15, -0.1) is 0 Å². The van der Waals surface area contributed by atoms with E-state index in [0.29, 0.717) is 11.4 Å². The number of anilines is 1. The third-order valence-corrected chi connectivity index (χ3v) is 4.51. The lowest BCUT2D eigenvalue weighted by Gasteiger charge is -2.09. The molecule has 0 spiro atoms. The first-order chi connectivity index (χ1) is 9.40. The summed E-state index contributed by atoms with van der Waals surface area (Å²) in [6.45, 7) is 3.87. The lowest BCUT2D eigenvalue weighted by Crippen LogP contribution is -2.24. The highest BCUT2D eigenvalue weighted by atomic mass is 32.2. The summed E-state index contributed by atoms with van der Waals surface area (Å²) in [5.41, 5.74) is 8.70. The van der Waals surface area contributed by atoms with Crippen LogP contribution in [0.25, 0.3) is 0 Å². The maximum absolute atomic E-state index is 12.2. The number of aromatic nitrogens is 1. The van der Waals surface area contributed by atoms with E-state index in [9.17, 15) is 8.42 Å². The molecule has 1 aromatic heterocycles. The van der Waals surface area contributed by atoms with Crippen molar-refractivity contribution in [2.45, 2.75) is 25.3 Å². The Balaban J connectivity index is 2.19. The van der Waals surface area contributed by atoms with Crippen molar-refractivity contribution < 1.29 is 8.42 Å². The predicted molar refractivity (Wildman–Crippen MR) is 78.6 cm³/mol. The van der Waals surface area contributed by atoms with Crippen LogP contribution >= 0.6 is 0 Å². The van der Waals surface area contributed by atoms with Gasteiger partial charge in [-0.05, 0) is 43.2 Å². The number of aryl methyl sites for hydroxylation is 2. The van der Waals surface area contributed by atoms with Crippen LogP contribution in [-0.2, 0) is 16.6 Å². The minimum Gasteiger partial charge on any atom is -0.398 e. The predicted octanol–water partition coefficient (Wildman–Crippen LogP) is 1.76. The van der Waals surface area contributed by atoms with E-state index in [1.165, 1.54) is 6.07 Å². The van der Waals surface area contributed by atoms with Crippen LogP contribution in [0.4, 0.5) is 5.69 Å². The fraction of sp³-hybridized carbons (Fsp3) is 0.214. The summed E-state index contributed by atoms with van der Waals surface area (Å²) in [5, 5.41) is 0. The highest BCUT2D eigenvalue weighted by Gasteiger charge is 2.15. The Hall–Kier alpha value is -1.92. The summed E-state index contributed by atoms with van der Waals surface area (Å²) in [7, 11) is -3.58. The van der Waals surface area contributed by atoms with Crippen molar-refractivity contribution in [3.8, 4) is 0 Å². The molecular formula is C14H17N3O2S. The summed E-state index contributed by atoms with van der Waals surface area (Å²) in [5.74, 6) is 0. The molecule has 20 heavy (non-hydrogen) atoms. The number of rotatable bonds is 4. The van der Waals surface area contributed by atoms with Crippen LogP contribution in [0.1, 0.15) is 16.8 Å². The molecule has 2 aromatic rings. The van der Waals surface area contributed by atoms with Crippen molar-refractivity contribution in [2.75, 3.05) is 5.73 Å². The number of nitrogen functional groups attached to an aromatic ring is 1. The molecule has 2 rings (SSSR count). The van der Waals surface area contributed by atoms with E-state index >= 15 is 0 Å². The molecule has 0 fully saturated rings. The summed E-state index contributed by atoms with van der Waals surface area (Å²) >= 11 is 0. The van der Waals surface area contributed by atoms with E-state index in [1.54, 1.807) is 18.3 Å². The van der Waals surface area contributed by atoms with Gasteiger partial charge >= 0.3 is 0 Å². The molecule has 0 radical (unpaired) electrons. The molecule has 0 atom stereocenters. The van der Waals surface area contributed by atoms with Gasteiger partial charge in [-0.25, -0.2) is 13.1 Å². The van der Waals surface area contributed by atoms with Crippen LogP contribution in [0.5, 0.6) is 0 Å². The van der Waals surface area contributed by atoms with Crippen molar-refractivity contribution in [2.24, 2.45) is 0 Å². The number of hydrogen-bond acceptors (Lipinski definition) is 4. The van der Waals surface area contributed by atoms with Gasteiger partial charge in [0, 0.05) is 11.9 Å². The van der Waals surface area contributed by atoms with E-state index in [-0.39, 0.29) is 11.4 Å². The van der Waals surface area contributed by atoms with E-state index < -0.39 is 10.0 Å². The van der Waals surface area contributed by atoms with Crippen molar-refractivity contribution in [1.29, 1.82) is 0 Å². The summed E-state index contributed by atoms with van der Waals surface area (Å²) < 4.78 is 26.9. The van der Waals surface area contributed by atoms with Gasteiger partial charge in [0.05, 0.1) is 17.1 Å². The first-order valence-corrected chi connectivity index (χ1v) is 7.65. The van der Waals surface area contributed by atoms with Gasteiger partial charge in [0.15, 0.2) is 0 Å². The highest BCUT2D eigenvalue weighted by molar-refractivity contribution is 7.89. The van der Waals surface area contributed by atoms with Gasteiger partial charge in [-0.2, -0.15) is 0 Å². The smallest absolute Gasteiger partial charge is 0.240 e. The Morgan fingerprint density at radius 3 is 2.60 bits per heavy atom. The zero-order valence-electron chi connectivity index (χ0n) is 11.4. The highest BCUT2D eigenvalue weighted by Crippen LogP contribution is 2.17. The maximum atomic E-state index is 12.2. The van der Waals surface area contributed by atoms with Gasteiger partial charge in [0.25, 0.3) is 0 Å². The SMILES string of the molecule is Cc1ccc(S(=O)(=O)NCc2ncccc2C)cc1N. The molecule has 0 saturated heterocycles. The number of nitrogens with one attached hydrogen (secondary N) is 1. The second-order valence-corrected chi connectivity index (χ2v) is 6.38. The van der Waals surface area contributed by atoms with Gasteiger partial charge in [0.2, 0.25) is 10.0 Å². The molecule has 3 N–H and O–H groups in total. The Morgan fingerprint density at radius 2 is 1.95 bits per heavy atom. The van der Waals surface area contributed by atoms with E-state index in [1.807, 2.05) is 26.0 Å². The molecule has 1 aromatic carbocycles. The van der Waals surface area contributed by atoms with Crippen molar-refractivity contribution in [3.05, 3.63) is 53.3 Å². The van der Waals surface area contributed by atoms with E-state index in [0.717, 1.165) is 11.1 Å². The van der Waals surface area contributed by atoms with E-state index in [4.69, 9.17) is 5.73 Å². The van der Waals surface area contributed by atoms with Crippen molar-refractivity contribution in [1.82, 2.24) is 9.71 Å². The molecule has 0 aliphatic heterocycles. The molecule has 6 heteroatoms.